The molecule has 0 spiro atoms. The molecular formula is C13H18FN3O. The minimum Gasteiger partial charge on any atom is -0.311 e. The molecule has 98 valence electrons. The van der Waals surface area contributed by atoms with Crippen LogP contribution in [0.4, 0.5) is 10.1 Å². The lowest BCUT2D eigenvalue weighted by Gasteiger charge is -2.31. The van der Waals surface area contributed by atoms with Crippen LogP contribution in [0.2, 0.25) is 0 Å². The summed E-state index contributed by atoms with van der Waals surface area (Å²) in [5.41, 5.74) is 0.308. The van der Waals surface area contributed by atoms with E-state index in [1.54, 1.807) is 25.2 Å². The molecule has 18 heavy (non-hydrogen) atoms. The fourth-order valence-electron chi connectivity index (χ4n) is 2.03. The van der Waals surface area contributed by atoms with E-state index in [1.807, 2.05) is 6.92 Å². The Bertz CT molecular complexity index is 430. The van der Waals surface area contributed by atoms with E-state index in [9.17, 15) is 9.18 Å². The number of nitrogens with zero attached hydrogens (tertiary/aromatic N) is 1. The Morgan fingerprint density at radius 2 is 2.06 bits per heavy atom. The van der Waals surface area contributed by atoms with E-state index in [0.717, 1.165) is 6.54 Å². The number of likely N-dealkylation sites (N-methyl/N-ethyl adjacent to an activating group) is 1. The van der Waals surface area contributed by atoms with Crippen molar-refractivity contribution < 1.29 is 9.18 Å². The lowest BCUT2D eigenvalue weighted by atomic mass is 10.1. The smallest absolute Gasteiger partial charge is 0.245 e. The number of piperazine rings is 1. The molecule has 1 saturated heterocycles. The van der Waals surface area contributed by atoms with Gasteiger partial charge in [0.2, 0.25) is 5.91 Å². The van der Waals surface area contributed by atoms with Crippen molar-refractivity contribution in [1.29, 1.82) is 0 Å². The van der Waals surface area contributed by atoms with Crippen LogP contribution in [0.25, 0.3) is 0 Å². The monoisotopic (exact) mass is 251 g/mol. The number of hydrogen-bond donors (Lipinski definition) is 2. The van der Waals surface area contributed by atoms with Gasteiger partial charge in [0.1, 0.15) is 5.82 Å². The summed E-state index contributed by atoms with van der Waals surface area (Å²) in [5.74, 6) is -0.509. The van der Waals surface area contributed by atoms with Crippen LogP contribution in [0.15, 0.2) is 24.3 Å². The van der Waals surface area contributed by atoms with E-state index < -0.39 is 0 Å². The zero-order valence-electron chi connectivity index (χ0n) is 10.6. The summed E-state index contributed by atoms with van der Waals surface area (Å²) in [7, 11) is 1.60. The second-order valence-electron chi connectivity index (χ2n) is 4.62. The van der Waals surface area contributed by atoms with E-state index in [0.29, 0.717) is 18.3 Å². The standard InChI is InChI=1S/C13H18FN3O/c1-9-7-16-11(8-15-9)13(18)17(2)12-6-4-3-5-10(12)14/h3-6,9,11,15-16H,7-8H2,1-2H3. The van der Waals surface area contributed by atoms with Crippen molar-refractivity contribution in [3.05, 3.63) is 30.1 Å². The molecule has 0 bridgehead atoms. The average Bonchev–Trinajstić information content (AvgIpc) is 2.38. The summed E-state index contributed by atoms with van der Waals surface area (Å²) >= 11 is 0. The molecule has 1 aliphatic rings. The lowest BCUT2D eigenvalue weighted by Crippen LogP contribution is -2.59. The van der Waals surface area contributed by atoms with Gasteiger partial charge in [0.05, 0.1) is 11.7 Å². The van der Waals surface area contributed by atoms with Gasteiger partial charge in [-0.15, -0.1) is 0 Å². The Labute approximate surface area is 106 Å². The fourth-order valence-corrected chi connectivity index (χ4v) is 2.03. The van der Waals surface area contributed by atoms with E-state index in [4.69, 9.17) is 0 Å². The highest BCUT2D eigenvalue weighted by Gasteiger charge is 2.27. The van der Waals surface area contributed by atoms with Gasteiger partial charge in [-0.3, -0.25) is 4.79 Å². The predicted molar refractivity (Wildman–Crippen MR) is 69.1 cm³/mol. The molecule has 1 aliphatic heterocycles. The molecule has 2 unspecified atom stereocenters. The number of rotatable bonds is 2. The van der Waals surface area contributed by atoms with Gasteiger partial charge >= 0.3 is 0 Å². The van der Waals surface area contributed by atoms with Crippen molar-refractivity contribution in [3.8, 4) is 0 Å². The zero-order valence-corrected chi connectivity index (χ0v) is 10.6. The molecular weight excluding hydrogens is 233 g/mol. The predicted octanol–water partition coefficient (Wildman–Crippen LogP) is 0.738. The highest BCUT2D eigenvalue weighted by molar-refractivity contribution is 5.97. The Morgan fingerprint density at radius 3 is 2.67 bits per heavy atom. The number of anilines is 1. The van der Waals surface area contributed by atoms with Crippen molar-refractivity contribution >= 4 is 11.6 Å². The first kappa shape index (κ1) is 13.0. The van der Waals surface area contributed by atoms with E-state index >= 15 is 0 Å². The maximum atomic E-state index is 13.6. The van der Waals surface area contributed by atoms with Crippen LogP contribution in [0.5, 0.6) is 0 Å². The van der Waals surface area contributed by atoms with Crippen LogP contribution in [0, 0.1) is 5.82 Å². The first-order chi connectivity index (χ1) is 8.59. The Kier molecular flexibility index (Phi) is 3.93. The summed E-state index contributed by atoms with van der Waals surface area (Å²) in [6, 6.07) is 6.34. The molecule has 2 rings (SSSR count). The number of hydrogen-bond acceptors (Lipinski definition) is 3. The molecule has 0 radical (unpaired) electrons. The highest BCUT2D eigenvalue weighted by Crippen LogP contribution is 2.18. The topological polar surface area (TPSA) is 44.4 Å². The third-order valence-corrected chi connectivity index (χ3v) is 3.18. The van der Waals surface area contributed by atoms with Gasteiger partial charge in [0, 0.05) is 26.2 Å². The van der Waals surface area contributed by atoms with E-state index in [-0.39, 0.29) is 17.8 Å². The Balaban J connectivity index is 2.07. The fraction of sp³-hybridized carbons (Fsp3) is 0.462. The van der Waals surface area contributed by atoms with Crippen LogP contribution in [-0.4, -0.2) is 38.1 Å². The quantitative estimate of drug-likeness (QED) is 0.815. The molecule has 1 aromatic carbocycles. The van der Waals surface area contributed by atoms with Gasteiger partial charge in [0.25, 0.3) is 0 Å². The number of nitrogens with one attached hydrogen (secondary N) is 2. The van der Waals surface area contributed by atoms with Crippen LogP contribution in [0.3, 0.4) is 0 Å². The molecule has 1 aromatic rings. The van der Waals surface area contributed by atoms with Crippen LogP contribution < -0.4 is 15.5 Å². The number of halogens is 1. The summed E-state index contributed by atoms with van der Waals surface area (Å²) in [6.45, 7) is 3.36. The number of benzene rings is 1. The van der Waals surface area contributed by atoms with Gasteiger partial charge in [-0.2, -0.15) is 0 Å². The van der Waals surface area contributed by atoms with Crippen molar-refractivity contribution in [2.45, 2.75) is 19.0 Å². The molecule has 0 aliphatic carbocycles. The Morgan fingerprint density at radius 1 is 1.33 bits per heavy atom. The van der Waals surface area contributed by atoms with Gasteiger partial charge < -0.3 is 15.5 Å². The number of carbonyl (C=O) groups excluding carboxylic acids is 1. The molecule has 2 atom stereocenters. The molecule has 5 heteroatoms. The van der Waals surface area contributed by atoms with Crippen LogP contribution in [-0.2, 0) is 4.79 Å². The van der Waals surface area contributed by atoms with Crippen molar-refractivity contribution in [3.63, 3.8) is 0 Å². The van der Waals surface area contributed by atoms with Gasteiger partial charge in [-0.05, 0) is 19.1 Å². The van der Waals surface area contributed by atoms with Crippen LogP contribution in [0.1, 0.15) is 6.92 Å². The van der Waals surface area contributed by atoms with Crippen molar-refractivity contribution in [2.24, 2.45) is 0 Å². The third-order valence-electron chi connectivity index (χ3n) is 3.18. The number of amides is 1. The maximum Gasteiger partial charge on any atom is 0.245 e. The minimum absolute atomic E-state index is 0.125. The zero-order chi connectivity index (χ0) is 13.1. The Hall–Kier alpha value is -1.46. The number of para-hydroxylation sites is 1. The maximum absolute atomic E-state index is 13.6. The SMILES string of the molecule is CC1CNC(C(=O)N(C)c2ccccc2F)CN1. The average molecular weight is 251 g/mol. The normalized spacial score (nSPS) is 23.7. The van der Waals surface area contributed by atoms with Gasteiger partial charge in [-0.1, -0.05) is 12.1 Å². The summed E-state index contributed by atoms with van der Waals surface area (Å²) in [6.07, 6.45) is 0. The molecule has 0 aromatic heterocycles. The lowest BCUT2D eigenvalue weighted by molar-refractivity contribution is -0.120. The first-order valence-electron chi connectivity index (χ1n) is 6.08. The summed E-state index contributed by atoms with van der Waals surface area (Å²) in [5, 5.41) is 6.39. The third kappa shape index (κ3) is 2.68. The second-order valence-corrected chi connectivity index (χ2v) is 4.62. The second kappa shape index (κ2) is 5.46. The van der Waals surface area contributed by atoms with E-state index in [2.05, 4.69) is 10.6 Å². The molecule has 1 fully saturated rings. The first-order valence-corrected chi connectivity index (χ1v) is 6.08. The molecule has 0 saturated carbocycles. The van der Waals surface area contributed by atoms with Crippen molar-refractivity contribution in [1.82, 2.24) is 10.6 Å². The molecule has 1 heterocycles. The van der Waals surface area contributed by atoms with Gasteiger partial charge in [-0.25, -0.2) is 4.39 Å². The van der Waals surface area contributed by atoms with E-state index in [1.165, 1.54) is 11.0 Å². The number of carbonyl (C=O) groups is 1. The molecule has 4 nitrogen and oxygen atoms in total. The summed E-state index contributed by atoms with van der Waals surface area (Å²) in [4.78, 5) is 13.6. The van der Waals surface area contributed by atoms with Crippen molar-refractivity contribution in [2.75, 3.05) is 25.0 Å². The minimum atomic E-state index is -0.384. The highest BCUT2D eigenvalue weighted by atomic mass is 19.1. The van der Waals surface area contributed by atoms with Crippen LogP contribution >= 0.6 is 0 Å². The van der Waals surface area contributed by atoms with Gasteiger partial charge in [0.15, 0.2) is 0 Å². The summed E-state index contributed by atoms with van der Waals surface area (Å²) < 4.78 is 13.6. The molecule has 2 N–H and O–H groups in total. The molecule has 1 amide bonds. The largest absolute Gasteiger partial charge is 0.311 e.